The molecule has 6 heteroatoms. The van der Waals surface area contributed by atoms with Crippen molar-refractivity contribution in [3.8, 4) is 0 Å². The molecule has 3 aliphatic rings. The molecule has 1 aliphatic carbocycles. The van der Waals surface area contributed by atoms with Crippen molar-refractivity contribution in [2.24, 2.45) is 0 Å². The van der Waals surface area contributed by atoms with Crippen LogP contribution in [-0.2, 0) is 4.74 Å². The van der Waals surface area contributed by atoms with Crippen LogP contribution in [0.15, 0.2) is 96.1 Å². The molecule has 2 aliphatic heterocycles. The van der Waals surface area contributed by atoms with Crippen molar-refractivity contribution in [3.63, 3.8) is 0 Å². The van der Waals surface area contributed by atoms with E-state index in [0.717, 1.165) is 32.0 Å². The number of hydrogen-bond acceptors (Lipinski definition) is 4. The first-order valence-electron chi connectivity index (χ1n) is 11.6. The summed E-state index contributed by atoms with van der Waals surface area (Å²) in [7, 11) is 4.13. The molecule has 0 unspecified atom stereocenters. The van der Waals surface area contributed by atoms with Crippen molar-refractivity contribution >= 4 is 38.7 Å². The molecule has 0 amide bonds. The predicted octanol–water partition coefficient (Wildman–Crippen LogP) is 2.37. The van der Waals surface area contributed by atoms with Crippen molar-refractivity contribution in [2.45, 2.75) is 0 Å². The fourth-order valence-electron chi connectivity index (χ4n) is 4.21. The molecule has 180 valence electrons. The van der Waals surface area contributed by atoms with Crippen LogP contribution < -0.4 is 23.0 Å². The van der Waals surface area contributed by atoms with E-state index < -0.39 is 0 Å². The third kappa shape index (κ3) is 5.81. The maximum absolute atomic E-state index is 5.95. The standard InChI is InChI=1S/C29H29N3OS.ClH/c1-31(2)26-11-5-21(6-12-26)24-19-28(22-3-9-25(30)10-4-22)34-29(20-24)23-7-13-27(14-8-23)32-15-17-33-18-16-32;/h3-14,19-20,30H,15-18H2,1-2H3;1H. The van der Waals surface area contributed by atoms with Gasteiger partial charge in [0.05, 0.1) is 13.2 Å². The Hall–Kier alpha value is -2.99. The number of nitrogens with zero attached hydrogens (tertiary/aromatic N) is 2. The second-order valence-corrected chi connectivity index (χ2v) is 9.87. The van der Waals surface area contributed by atoms with E-state index in [2.05, 4.69) is 96.4 Å². The van der Waals surface area contributed by atoms with Gasteiger partial charge in [0.1, 0.15) is 14.1 Å². The molecule has 2 aromatic rings. The highest BCUT2D eigenvalue weighted by atomic mass is 35.5. The lowest BCUT2D eigenvalue weighted by Gasteiger charge is -2.29. The summed E-state index contributed by atoms with van der Waals surface area (Å²) >= 11 is 1.81. The first-order valence-corrected chi connectivity index (χ1v) is 12.4. The number of morpholine rings is 1. The lowest BCUT2D eigenvalue weighted by atomic mass is 9.99. The van der Waals surface area contributed by atoms with E-state index >= 15 is 0 Å². The van der Waals surface area contributed by atoms with Crippen LogP contribution in [0, 0.1) is 0 Å². The van der Waals surface area contributed by atoms with Crippen LogP contribution >= 0.6 is 11.8 Å². The van der Waals surface area contributed by atoms with Crippen molar-refractivity contribution in [2.75, 3.05) is 51.0 Å². The normalized spacial score (nSPS) is 17.7. The van der Waals surface area contributed by atoms with Crippen LogP contribution in [0.3, 0.4) is 0 Å². The number of anilines is 2. The van der Waals surface area contributed by atoms with Crippen LogP contribution in [0.1, 0.15) is 11.1 Å². The summed E-state index contributed by atoms with van der Waals surface area (Å²) in [6.45, 7) is 3.48. The second kappa shape index (κ2) is 11.2. The van der Waals surface area contributed by atoms with E-state index in [1.807, 2.05) is 23.9 Å². The molecular weight excluding hydrogens is 474 g/mol. The van der Waals surface area contributed by atoms with Gasteiger partial charge in [-0.2, -0.15) is 0 Å². The highest BCUT2D eigenvalue weighted by molar-refractivity contribution is 8.16. The van der Waals surface area contributed by atoms with Gasteiger partial charge in [0, 0.05) is 46.4 Å². The zero-order chi connectivity index (χ0) is 23.5. The van der Waals surface area contributed by atoms with Gasteiger partial charge in [-0.15, -0.1) is 0 Å². The number of benzene rings is 2. The number of rotatable bonds is 3. The van der Waals surface area contributed by atoms with Gasteiger partial charge in [0.25, 0.3) is 0 Å². The van der Waals surface area contributed by atoms with Gasteiger partial charge in [-0.3, -0.25) is 0 Å². The van der Waals surface area contributed by atoms with E-state index in [1.165, 1.54) is 43.5 Å². The molecule has 0 spiro atoms. The zero-order valence-corrected chi connectivity index (χ0v) is 21.6. The van der Waals surface area contributed by atoms with Crippen LogP contribution in [0.5, 0.6) is 0 Å². The van der Waals surface area contributed by atoms with Gasteiger partial charge in [-0.25, -0.2) is 4.58 Å². The monoisotopic (exact) mass is 503 g/mol. The quantitative estimate of drug-likeness (QED) is 0.516. The van der Waals surface area contributed by atoms with Crippen molar-refractivity contribution < 1.29 is 21.7 Å². The van der Waals surface area contributed by atoms with E-state index in [-0.39, 0.29) is 12.4 Å². The smallest absolute Gasteiger partial charge is 0.199 e. The molecule has 1 saturated heterocycles. The molecule has 0 atom stereocenters. The summed E-state index contributed by atoms with van der Waals surface area (Å²) in [5, 5.41) is 0. The molecule has 2 N–H and O–H groups in total. The minimum absolute atomic E-state index is 0. The molecular formula is C29H30ClN3OS. The lowest BCUT2D eigenvalue weighted by Crippen LogP contribution is -3.00. The maximum Gasteiger partial charge on any atom is 0.199 e. The van der Waals surface area contributed by atoms with E-state index in [1.54, 1.807) is 0 Å². The summed E-state index contributed by atoms with van der Waals surface area (Å²) in [6, 6.07) is 17.1. The molecule has 2 aromatic carbocycles. The number of hydrogen-bond donors (Lipinski definition) is 1. The summed E-state index contributed by atoms with van der Waals surface area (Å²) < 4.78 is 7.63. The van der Waals surface area contributed by atoms with Crippen LogP contribution in [0.2, 0.25) is 0 Å². The molecule has 2 heterocycles. The third-order valence-electron chi connectivity index (χ3n) is 6.23. The summed E-state index contributed by atoms with van der Waals surface area (Å²) in [6.07, 6.45) is 13.3. The zero-order valence-electron chi connectivity index (χ0n) is 20.1. The summed E-state index contributed by atoms with van der Waals surface area (Å²) in [4.78, 5) is 4.86. The van der Waals surface area contributed by atoms with E-state index in [9.17, 15) is 0 Å². The molecule has 0 aromatic heterocycles. The highest BCUT2D eigenvalue weighted by Crippen LogP contribution is 2.45. The minimum atomic E-state index is 0. The summed E-state index contributed by atoms with van der Waals surface area (Å²) in [5.41, 5.74) is 14.0. The Kier molecular flexibility index (Phi) is 8.01. The second-order valence-electron chi connectivity index (χ2n) is 8.78. The largest absolute Gasteiger partial charge is 1.00 e. The number of ether oxygens (including phenoxy) is 1. The Morgan fingerprint density at radius 1 is 0.771 bits per heavy atom. The van der Waals surface area contributed by atoms with E-state index in [4.69, 9.17) is 10.5 Å². The topological polar surface area (TPSA) is 41.5 Å². The predicted molar refractivity (Wildman–Crippen MR) is 146 cm³/mol. The summed E-state index contributed by atoms with van der Waals surface area (Å²) in [5.74, 6) is 0. The number of allylic oxidation sites excluding steroid dienone is 8. The fourth-order valence-corrected chi connectivity index (χ4v) is 5.33. The minimum Gasteiger partial charge on any atom is -1.00 e. The Bertz CT molecular complexity index is 1240. The lowest BCUT2D eigenvalue weighted by molar-refractivity contribution is -0.462. The first-order chi connectivity index (χ1) is 16.6. The molecule has 35 heavy (non-hydrogen) atoms. The average Bonchev–Trinajstić information content (AvgIpc) is 2.89. The molecule has 4 nitrogen and oxygen atoms in total. The number of thioether (sulfide) groups is 1. The Morgan fingerprint density at radius 3 is 1.86 bits per heavy atom. The van der Waals surface area contributed by atoms with Gasteiger partial charge in [-0.1, -0.05) is 36.0 Å². The Labute approximate surface area is 218 Å². The Morgan fingerprint density at radius 2 is 1.31 bits per heavy atom. The van der Waals surface area contributed by atoms with Gasteiger partial charge in [0.15, 0.2) is 5.71 Å². The number of halogens is 1. The first kappa shape index (κ1) is 25.1. The van der Waals surface area contributed by atoms with Crippen LogP contribution in [0.25, 0.3) is 9.81 Å². The van der Waals surface area contributed by atoms with Crippen molar-refractivity contribution in [3.05, 3.63) is 107 Å². The van der Waals surface area contributed by atoms with Gasteiger partial charge in [-0.05, 0) is 70.8 Å². The highest BCUT2D eigenvalue weighted by Gasteiger charge is 2.18. The molecule has 0 bridgehead atoms. The van der Waals surface area contributed by atoms with Gasteiger partial charge >= 0.3 is 0 Å². The average molecular weight is 504 g/mol. The molecule has 5 rings (SSSR count). The van der Waals surface area contributed by atoms with Crippen LogP contribution in [-0.4, -0.2) is 50.7 Å². The number of nitrogen functional groups attached to an aromatic ring is 1. The van der Waals surface area contributed by atoms with E-state index in [0.29, 0.717) is 0 Å². The SMILES string of the molecule is C[N+](C)=C1C=CC(=C2C=C(c3ccc(N)cc3)SC(c3ccc(N4CCOCC4)cc3)=C2)C=C1.[Cl-]. The Balaban J connectivity index is 0.00000289. The molecule has 1 fully saturated rings. The van der Waals surface area contributed by atoms with Gasteiger partial charge < -0.3 is 27.8 Å². The maximum atomic E-state index is 5.95. The van der Waals surface area contributed by atoms with Crippen molar-refractivity contribution in [1.29, 1.82) is 0 Å². The van der Waals surface area contributed by atoms with Crippen LogP contribution in [0.4, 0.5) is 11.4 Å². The number of nitrogens with two attached hydrogens (primary N) is 1. The third-order valence-corrected chi connectivity index (χ3v) is 7.38. The fraction of sp³-hybridized carbons (Fsp3) is 0.207. The van der Waals surface area contributed by atoms with Crippen molar-refractivity contribution in [1.82, 2.24) is 0 Å². The molecule has 0 radical (unpaired) electrons. The molecule has 0 saturated carbocycles. The van der Waals surface area contributed by atoms with Gasteiger partial charge in [0.2, 0.25) is 0 Å².